The number of hydrogen-bond acceptors (Lipinski definition) is 5. The van der Waals surface area contributed by atoms with Crippen LogP contribution >= 0.6 is 0 Å². The number of rotatable bonds is 6. The van der Waals surface area contributed by atoms with Crippen molar-refractivity contribution < 1.29 is 8.42 Å². The molecular weight excluding hydrogens is 216 g/mol. The summed E-state index contributed by atoms with van der Waals surface area (Å²) in [5.74, 6) is 0.972. The van der Waals surface area contributed by atoms with E-state index < -0.39 is 9.84 Å². The minimum atomic E-state index is -2.89. The smallest absolute Gasteiger partial charge is 0.150 e. The molecular formula is C8H16N4O2S. The van der Waals surface area contributed by atoms with Crippen LogP contribution in [0.15, 0.2) is 6.33 Å². The van der Waals surface area contributed by atoms with Gasteiger partial charge < -0.3 is 5.73 Å². The van der Waals surface area contributed by atoms with Gasteiger partial charge in [0, 0.05) is 5.75 Å². The zero-order chi connectivity index (χ0) is 11.3. The fourth-order valence-electron chi connectivity index (χ4n) is 1.20. The molecule has 0 aliphatic rings. The molecule has 86 valence electrons. The van der Waals surface area contributed by atoms with Crippen molar-refractivity contribution in [3.05, 3.63) is 12.2 Å². The van der Waals surface area contributed by atoms with Gasteiger partial charge in [-0.15, -0.1) is 0 Å². The van der Waals surface area contributed by atoms with Gasteiger partial charge in [-0.2, -0.15) is 5.10 Å². The molecule has 1 heterocycles. The van der Waals surface area contributed by atoms with Crippen molar-refractivity contribution in [1.82, 2.24) is 15.2 Å². The first-order valence-electron chi connectivity index (χ1n) is 4.86. The number of nitrogens with two attached hydrogens (primary N) is 1. The quantitative estimate of drug-likeness (QED) is 0.720. The van der Waals surface area contributed by atoms with Gasteiger partial charge in [-0.05, 0) is 12.8 Å². The van der Waals surface area contributed by atoms with Gasteiger partial charge in [-0.3, -0.25) is 5.10 Å². The zero-order valence-corrected chi connectivity index (χ0v) is 9.50. The second-order valence-corrected chi connectivity index (χ2v) is 5.83. The maximum absolute atomic E-state index is 11.2. The minimum Gasteiger partial charge on any atom is -0.321 e. The summed E-state index contributed by atoms with van der Waals surface area (Å²) in [7, 11) is -2.89. The van der Waals surface area contributed by atoms with Crippen LogP contribution in [0.3, 0.4) is 0 Å². The first kappa shape index (κ1) is 12.1. The van der Waals surface area contributed by atoms with Gasteiger partial charge in [0.15, 0.2) is 0 Å². The molecule has 0 aliphatic carbocycles. The van der Waals surface area contributed by atoms with E-state index in [1.807, 2.05) is 0 Å². The second kappa shape index (κ2) is 5.22. The molecule has 0 spiro atoms. The van der Waals surface area contributed by atoms with E-state index in [1.165, 1.54) is 6.33 Å². The van der Waals surface area contributed by atoms with Crippen LogP contribution in [0, 0.1) is 0 Å². The maximum atomic E-state index is 11.2. The molecule has 15 heavy (non-hydrogen) atoms. The predicted octanol–water partition coefficient (Wildman–Crippen LogP) is 0.0194. The number of nitrogens with one attached hydrogen (secondary N) is 1. The van der Waals surface area contributed by atoms with Gasteiger partial charge in [0.05, 0.1) is 11.8 Å². The van der Waals surface area contributed by atoms with E-state index in [0.29, 0.717) is 18.7 Å². The van der Waals surface area contributed by atoms with E-state index in [2.05, 4.69) is 15.2 Å². The van der Waals surface area contributed by atoms with Crippen molar-refractivity contribution in [2.75, 3.05) is 11.5 Å². The molecule has 1 aromatic heterocycles. The Morgan fingerprint density at radius 3 is 2.87 bits per heavy atom. The Labute approximate surface area is 89.2 Å². The highest BCUT2D eigenvalue weighted by atomic mass is 32.2. The third-order valence-electron chi connectivity index (χ3n) is 2.20. The predicted molar refractivity (Wildman–Crippen MR) is 56.9 cm³/mol. The highest BCUT2D eigenvalue weighted by molar-refractivity contribution is 7.91. The first-order valence-corrected chi connectivity index (χ1v) is 6.68. The van der Waals surface area contributed by atoms with Gasteiger partial charge in [0.25, 0.3) is 0 Å². The average molecular weight is 232 g/mol. The largest absolute Gasteiger partial charge is 0.321 e. The third-order valence-corrected chi connectivity index (χ3v) is 3.99. The molecule has 0 bridgehead atoms. The standard InChI is InChI=1S/C8H16N4O2S/c1-2-15(13,14)5-3-4-7(9)8-10-6-11-12-8/h6-7H,2-5,9H2,1H3,(H,10,11,12). The summed E-state index contributed by atoms with van der Waals surface area (Å²) in [5.41, 5.74) is 5.78. The minimum absolute atomic E-state index is 0.185. The molecule has 1 rings (SSSR count). The highest BCUT2D eigenvalue weighted by Gasteiger charge is 2.12. The number of H-pyrrole nitrogens is 1. The van der Waals surface area contributed by atoms with E-state index in [4.69, 9.17) is 5.73 Å². The van der Waals surface area contributed by atoms with E-state index in [-0.39, 0.29) is 17.5 Å². The molecule has 0 saturated carbocycles. The molecule has 0 radical (unpaired) electrons. The van der Waals surface area contributed by atoms with E-state index in [9.17, 15) is 8.42 Å². The topological polar surface area (TPSA) is 102 Å². The molecule has 0 saturated heterocycles. The summed E-state index contributed by atoms with van der Waals surface area (Å²) < 4.78 is 22.4. The molecule has 7 heteroatoms. The Morgan fingerprint density at radius 2 is 2.33 bits per heavy atom. The van der Waals surface area contributed by atoms with E-state index >= 15 is 0 Å². The summed E-state index contributed by atoms with van der Waals surface area (Å²) in [4.78, 5) is 3.91. The number of aromatic nitrogens is 3. The molecule has 1 atom stereocenters. The highest BCUT2D eigenvalue weighted by Crippen LogP contribution is 2.10. The van der Waals surface area contributed by atoms with Crippen LogP contribution in [-0.2, 0) is 9.84 Å². The Morgan fingerprint density at radius 1 is 1.60 bits per heavy atom. The number of sulfone groups is 1. The van der Waals surface area contributed by atoms with Crippen LogP contribution in [0.5, 0.6) is 0 Å². The first-order chi connectivity index (χ1) is 7.05. The van der Waals surface area contributed by atoms with Crippen LogP contribution in [0.1, 0.15) is 31.6 Å². The lowest BCUT2D eigenvalue weighted by atomic mass is 10.2. The van der Waals surface area contributed by atoms with Crippen molar-refractivity contribution >= 4 is 9.84 Å². The van der Waals surface area contributed by atoms with Crippen LogP contribution in [0.25, 0.3) is 0 Å². The summed E-state index contributed by atoms with van der Waals surface area (Å²) in [6, 6.07) is -0.264. The molecule has 0 aromatic carbocycles. The van der Waals surface area contributed by atoms with Crippen molar-refractivity contribution in [3.8, 4) is 0 Å². The summed E-state index contributed by atoms with van der Waals surface area (Å²) in [5, 5.41) is 6.34. The third kappa shape index (κ3) is 3.96. The molecule has 0 fully saturated rings. The SMILES string of the molecule is CCS(=O)(=O)CCCC(N)c1ncn[nH]1. The van der Waals surface area contributed by atoms with Gasteiger partial charge in [0.1, 0.15) is 22.0 Å². The average Bonchev–Trinajstić information content (AvgIpc) is 2.70. The molecule has 1 unspecified atom stereocenters. The van der Waals surface area contributed by atoms with Crippen molar-refractivity contribution in [2.24, 2.45) is 5.73 Å². The zero-order valence-electron chi connectivity index (χ0n) is 8.68. The van der Waals surface area contributed by atoms with Gasteiger partial charge in [-0.1, -0.05) is 6.92 Å². The lowest BCUT2D eigenvalue weighted by molar-refractivity contribution is 0.576. The summed E-state index contributed by atoms with van der Waals surface area (Å²) in [6.45, 7) is 1.64. The monoisotopic (exact) mass is 232 g/mol. The maximum Gasteiger partial charge on any atom is 0.150 e. The van der Waals surface area contributed by atoms with Crippen LogP contribution in [0.2, 0.25) is 0 Å². The Hall–Kier alpha value is -0.950. The normalized spacial score (nSPS) is 14.0. The summed E-state index contributed by atoms with van der Waals surface area (Å²) >= 11 is 0. The van der Waals surface area contributed by atoms with E-state index in [1.54, 1.807) is 6.92 Å². The summed E-state index contributed by atoms with van der Waals surface area (Å²) in [6.07, 6.45) is 2.53. The van der Waals surface area contributed by atoms with E-state index in [0.717, 1.165) is 0 Å². The van der Waals surface area contributed by atoms with Crippen molar-refractivity contribution in [2.45, 2.75) is 25.8 Å². The molecule has 0 amide bonds. The number of nitrogens with zero attached hydrogens (tertiary/aromatic N) is 2. The lowest BCUT2D eigenvalue weighted by Gasteiger charge is -2.07. The Balaban J connectivity index is 2.33. The lowest BCUT2D eigenvalue weighted by Crippen LogP contribution is -2.15. The molecule has 1 aromatic rings. The van der Waals surface area contributed by atoms with Gasteiger partial charge in [-0.25, -0.2) is 13.4 Å². The number of aromatic amines is 1. The molecule has 3 N–H and O–H groups in total. The fraction of sp³-hybridized carbons (Fsp3) is 0.750. The second-order valence-electron chi connectivity index (χ2n) is 3.36. The number of hydrogen-bond donors (Lipinski definition) is 2. The van der Waals surface area contributed by atoms with Crippen molar-refractivity contribution in [3.63, 3.8) is 0 Å². The molecule has 6 nitrogen and oxygen atoms in total. The molecule has 0 aliphatic heterocycles. The van der Waals surface area contributed by atoms with Gasteiger partial charge >= 0.3 is 0 Å². The van der Waals surface area contributed by atoms with Crippen LogP contribution in [0.4, 0.5) is 0 Å². The van der Waals surface area contributed by atoms with Crippen LogP contribution < -0.4 is 5.73 Å². The Bertz CT molecular complexity index is 373. The van der Waals surface area contributed by atoms with Gasteiger partial charge in [0.2, 0.25) is 0 Å². The van der Waals surface area contributed by atoms with Crippen molar-refractivity contribution in [1.29, 1.82) is 0 Å². The van der Waals surface area contributed by atoms with Crippen LogP contribution in [-0.4, -0.2) is 35.1 Å². The Kier molecular flexibility index (Phi) is 4.22. The fourth-order valence-corrected chi connectivity index (χ4v) is 2.09.